The van der Waals surface area contributed by atoms with Gasteiger partial charge in [-0.15, -0.1) is 0 Å². The van der Waals surface area contributed by atoms with E-state index in [4.69, 9.17) is 0 Å². The zero-order valence-corrected chi connectivity index (χ0v) is 10.6. The van der Waals surface area contributed by atoms with Crippen molar-refractivity contribution in [2.75, 3.05) is 0 Å². The van der Waals surface area contributed by atoms with E-state index >= 15 is 0 Å². The molecule has 0 radical (unpaired) electrons. The summed E-state index contributed by atoms with van der Waals surface area (Å²) in [6.07, 6.45) is 12.9. The molecule has 2 heteroatoms. The molecule has 2 saturated carbocycles. The Balaban J connectivity index is 1.40. The van der Waals surface area contributed by atoms with Crippen molar-refractivity contribution in [1.29, 1.82) is 0 Å². The van der Waals surface area contributed by atoms with E-state index in [0.29, 0.717) is 0 Å². The number of allylic oxidation sites excluding steroid dienone is 2. The standard InChI is InChI=1S/C16H20N2/c1-4-13-12-7-15(14(13)5-1)16(8-12)18-10-11-3-2-6-17-9-11/h1-4,6,9,12-16,18H,5,7-8,10H2/t12-,13+,14+,15-,16+/m0/s1. The lowest BCUT2D eigenvalue weighted by molar-refractivity contribution is 0.225. The van der Waals surface area contributed by atoms with Crippen molar-refractivity contribution in [3.05, 3.63) is 42.2 Å². The molecule has 94 valence electrons. The van der Waals surface area contributed by atoms with Crippen LogP contribution in [0.15, 0.2) is 36.7 Å². The van der Waals surface area contributed by atoms with Gasteiger partial charge in [0.15, 0.2) is 0 Å². The fraction of sp³-hybridized carbons (Fsp3) is 0.562. The Hall–Kier alpha value is -1.15. The minimum atomic E-state index is 0.747. The predicted octanol–water partition coefficient (Wildman–Crippen LogP) is 2.77. The second-order valence-electron chi connectivity index (χ2n) is 6.15. The van der Waals surface area contributed by atoms with Gasteiger partial charge >= 0.3 is 0 Å². The number of nitrogens with one attached hydrogen (secondary N) is 1. The second-order valence-corrected chi connectivity index (χ2v) is 6.15. The molecule has 2 bridgehead atoms. The van der Waals surface area contributed by atoms with Crippen molar-refractivity contribution in [3.8, 4) is 0 Å². The molecular weight excluding hydrogens is 220 g/mol. The van der Waals surface area contributed by atoms with E-state index < -0.39 is 0 Å². The van der Waals surface area contributed by atoms with Gasteiger partial charge in [-0.25, -0.2) is 0 Å². The molecule has 5 atom stereocenters. The minimum Gasteiger partial charge on any atom is -0.310 e. The average molecular weight is 240 g/mol. The van der Waals surface area contributed by atoms with Gasteiger partial charge in [-0.3, -0.25) is 4.98 Å². The SMILES string of the molecule is C1=C[C@@H]2[C@H]3C[C@@H]([C@@H]2C1)[C@H](NCc1cccnc1)C3. The topological polar surface area (TPSA) is 24.9 Å². The molecule has 3 aliphatic rings. The molecule has 1 heterocycles. The normalized spacial score (nSPS) is 40.3. The highest BCUT2D eigenvalue weighted by atomic mass is 14.9. The number of fused-ring (bicyclic) bond motifs is 5. The second kappa shape index (κ2) is 4.20. The first-order valence-electron chi connectivity index (χ1n) is 7.21. The quantitative estimate of drug-likeness (QED) is 0.822. The lowest BCUT2D eigenvalue weighted by atomic mass is 9.79. The maximum absolute atomic E-state index is 4.18. The summed E-state index contributed by atoms with van der Waals surface area (Å²) < 4.78 is 0. The first-order chi connectivity index (χ1) is 8.92. The van der Waals surface area contributed by atoms with Crippen LogP contribution in [0.4, 0.5) is 0 Å². The van der Waals surface area contributed by atoms with Crippen molar-refractivity contribution in [3.63, 3.8) is 0 Å². The van der Waals surface area contributed by atoms with Gasteiger partial charge in [-0.2, -0.15) is 0 Å². The first-order valence-corrected chi connectivity index (χ1v) is 7.21. The van der Waals surface area contributed by atoms with Gasteiger partial charge < -0.3 is 5.32 Å². The smallest absolute Gasteiger partial charge is 0.0312 e. The molecule has 2 nitrogen and oxygen atoms in total. The molecule has 1 N–H and O–H groups in total. The van der Waals surface area contributed by atoms with Crippen LogP contribution < -0.4 is 5.32 Å². The summed E-state index contributed by atoms with van der Waals surface area (Å²) in [5, 5.41) is 3.77. The first kappa shape index (κ1) is 10.7. The fourth-order valence-corrected chi connectivity index (χ4v) is 4.54. The van der Waals surface area contributed by atoms with Gasteiger partial charge in [0.25, 0.3) is 0 Å². The highest BCUT2D eigenvalue weighted by Gasteiger charge is 2.51. The number of aromatic nitrogens is 1. The monoisotopic (exact) mass is 240 g/mol. The third-order valence-electron chi connectivity index (χ3n) is 5.29. The van der Waals surface area contributed by atoms with Crippen LogP contribution in [-0.2, 0) is 6.54 Å². The van der Waals surface area contributed by atoms with Crippen LogP contribution in [-0.4, -0.2) is 11.0 Å². The molecule has 2 fully saturated rings. The summed E-state index contributed by atoms with van der Waals surface area (Å²) in [6, 6.07) is 4.93. The van der Waals surface area contributed by atoms with Crippen molar-refractivity contribution < 1.29 is 0 Å². The van der Waals surface area contributed by atoms with Gasteiger partial charge in [0.05, 0.1) is 0 Å². The largest absolute Gasteiger partial charge is 0.310 e. The molecule has 0 amide bonds. The fourth-order valence-electron chi connectivity index (χ4n) is 4.54. The number of pyridine rings is 1. The van der Waals surface area contributed by atoms with Crippen LogP contribution in [0.2, 0.25) is 0 Å². The van der Waals surface area contributed by atoms with Gasteiger partial charge in [-0.05, 0) is 54.6 Å². The van der Waals surface area contributed by atoms with E-state index in [0.717, 1.165) is 36.3 Å². The molecule has 0 unspecified atom stereocenters. The molecular formula is C16H20N2. The van der Waals surface area contributed by atoms with Crippen molar-refractivity contribution >= 4 is 0 Å². The summed E-state index contributed by atoms with van der Waals surface area (Å²) >= 11 is 0. The maximum atomic E-state index is 4.18. The highest BCUT2D eigenvalue weighted by Crippen LogP contribution is 2.56. The van der Waals surface area contributed by atoms with Gasteiger partial charge in [0, 0.05) is 25.0 Å². The van der Waals surface area contributed by atoms with Crippen molar-refractivity contribution in [1.82, 2.24) is 10.3 Å². The van der Waals surface area contributed by atoms with Gasteiger partial charge in [0.1, 0.15) is 0 Å². The Morgan fingerprint density at radius 3 is 3.17 bits per heavy atom. The van der Waals surface area contributed by atoms with Gasteiger partial charge in [0.2, 0.25) is 0 Å². The zero-order valence-electron chi connectivity index (χ0n) is 10.6. The number of hydrogen-bond acceptors (Lipinski definition) is 2. The van der Waals surface area contributed by atoms with E-state index in [9.17, 15) is 0 Å². The molecule has 18 heavy (non-hydrogen) atoms. The summed E-state index contributed by atoms with van der Waals surface area (Å²) in [6.45, 7) is 0.979. The van der Waals surface area contributed by atoms with E-state index in [1.54, 1.807) is 0 Å². The van der Waals surface area contributed by atoms with Crippen LogP contribution in [0.1, 0.15) is 24.8 Å². The van der Waals surface area contributed by atoms with Crippen molar-refractivity contribution in [2.24, 2.45) is 23.7 Å². The summed E-state index contributed by atoms with van der Waals surface area (Å²) in [7, 11) is 0. The lowest BCUT2D eigenvalue weighted by Gasteiger charge is -2.32. The third-order valence-corrected chi connectivity index (χ3v) is 5.29. The Labute approximate surface area is 109 Å². The van der Waals surface area contributed by atoms with Crippen LogP contribution in [0.3, 0.4) is 0 Å². The summed E-state index contributed by atoms with van der Waals surface area (Å²) in [4.78, 5) is 4.18. The Morgan fingerprint density at radius 1 is 1.28 bits per heavy atom. The van der Waals surface area contributed by atoms with Crippen LogP contribution in [0.25, 0.3) is 0 Å². The van der Waals surface area contributed by atoms with E-state index in [1.165, 1.54) is 24.8 Å². The molecule has 0 aromatic carbocycles. The molecule has 0 saturated heterocycles. The van der Waals surface area contributed by atoms with E-state index in [1.807, 2.05) is 18.5 Å². The Kier molecular flexibility index (Phi) is 2.51. The number of hydrogen-bond donors (Lipinski definition) is 1. The highest BCUT2D eigenvalue weighted by molar-refractivity contribution is 5.16. The summed E-state index contributed by atoms with van der Waals surface area (Å²) in [5.41, 5.74) is 1.31. The lowest BCUT2D eigenvalue weighted by Crippen LogP contribution is -2.39. The van der Waals surface area contributed by atoms with Gasteiger partial charge in [-0.1, -0.05) is 18.2 Å². The van der Waals surface area contributed by atoms with Crippen LogP contribution in [0, 0.1) is 23.7 Å². The third kappa shape index (κ3) is 1.63. The molecule has 1 aromatic rings. The zero-order chi connectivity index (χ0) is 11.9. The Bertz CT molecular complexity index is 453. The summed E-state index contributed by atoms with van der Waals surface area (Å²) in [5.74, 6) is 3.76. The predicted molar refractivity (Wildman–Crippen MR) is 71.8 cm³/mol. The average Bonchev–Trinajstić information content (AvgIpc) is 3.09. The van der Waals surface area contributed by atoms with Crippen LogP contribution >= 0.6 is 0 Å². The van der Waals surface area contributed by atoms with E-state index in [-0.39, 0.29) is 0 Å². The molecule has 1 aromatic heterocycles. The molecule has 3 aliphatic carbocycles. The number of nitrogens with zero attached hydrogens (tertiary/aromatic N) is 1. The van der Waals surface area contributed by atoms with Crippen molar-refractivity contribution in [2.45, 2.75) is 31.8 Å². The van der Waals surface area contributed by atoms with E-state index in [2.05, 4.69) is 28.5 Å². The van der Waals surface area contributed by atoms with Crippen LogP contribution in [0.5, 0.6) is 0 Å². The maximum Gasteiger partial charge on any atom is 0.0312 e. The number of rotatable bonds is 3. The molecule has 4 rings (SSSR count). The Morgan fingerprint density at radius 2 is 2.28 bits per heavy atom. The molecule has 0 spiro atoms. The minimum absolute atomic E-state index is 0.747. The molecule has 0 aliphatic heterocycles.